The van der Waals surface area contributed by atoms with Gasteiger partial charge in [0.1, 0.15) is 0 Å². The van der Waals surface area contributed by atoms with Crippen molar-refractivity contribution >= 4 is 16.8 Å². The first-order chi connectivity index (χ1) is 3.66. The van der Waals surface area contributed by atoms with Gasteiger partial charge in [-0.3, -0.25) is 4.79 Å². The molecule has 0 saturated carbocycles. The Morgan fingerprint density at radius 3 is 2.38 bits per heavy atom. The smallest absolute Gasteiger partial charge is 0.248 e. The third-order valence-corrected chi connectivity index (χ3v) is 0.748. The average molecular weight is 135 g/mol. The molecule has 0 radical (unpaired) electrons. The zero-order valence-corrected chi connectivity index (χ0v) is 5.53. The SMILES string of the molecule is COC(C)=CC(=O)Cl. The molecule has 0 aromatic carbocycles. The van der Waals surface area contributed by atoms with Gasteiger partial charge in [-0.2, -0.15) is 0 Å². The van der Waals surface area contributed by atoms with E-state index in [4.69, 9.17) is 11.6 Å². The van der Waals surface area contributed by atoms with Crippen LogP contribution < -0.4 is 0 Å². The van der Waals surface area contributed by atoms with E-state index in [0.29, 0.717) is 5.76 Å². The standard InChI is InChI=1S/C5H7ClO2/c1-4(8-2)3-5(6)7/h3H,1-2H3. The van der Waals surface area contributed by atoms with Crippen LogP contribution in [0.4, 0.5) is 0 Å². The topological polar surface area (TPSA) is 26.3 Å². The number of hydrogen-bond donors (Lipinski definition) is 0. The van der Waals surface area contributed by atoms with Crippen LogP contribution in [0, 0.1) is 0 Å². The lowest BCUT2D eigenvalue weighted by Crippen LogP contribution is -1.83. The Morgan fingerprint density at radius 2 is 2.25 bits per heavy atom. The van der Waals surface area contributed by atoms with Gasteiger partial charge in [-0.1, -0.05) is 0 Å². The van der Waals surface area contributed by atoms with Crippen molar-refractivity contribution in [2.24, 2.45) is 0 Å². The number of carbonyl (C=O) groups is 1. The van der Waals surface area contributed by atoms with Gasteiger partial charge < -0.3 is 4.74 Å². The van der Waals surface area contributed by atoms with Crippen molar-refractivity contribution in [2.75, 3.05) is 7.11 Å². The summed E-state index contributed by atoms with van der Waals surface area (Å²) >= 11 is 4.96. The fourth-order valence-electron chi connectivity index (χ4n) is 0.219. The fraction of sp³-hybridized carbons (Fsp3) is 0.400. The van der Waals surface area contributed by atoms with Crippen molar-refractivity contribution in [3.63, 3.8) is 0 Å². The summed E-state index contributed by atoms with van der Waals surface area (Å²) in [5, 5.41) is -0.510. The van der Waals surface area contributed by atoms with Gasteiger partial charge in [0.25, 0.3) is 0 Å². The van der Waals surface area contributed by atoms with Crippen LogP contribution in [-0.4, -0.2) is 12.4 Å². The third kappa shape index (κ3) is 3.68. The van der Waals surface area contributed by atoms with Gasteiger partial charge in [-0.15, -0.1) is 0 Å². The van der Waals surface area contributed by atoms with Crippen LogP contribution in [0.2, 0.25) is 0 Å². The van der Waals surface area contributed by atoms with E-state index in [-0.39, 0.29) is 0 Å². The molecule has 0 aromatic rings. The van der Waals surface area contributed by atoms with E-state index in [9.17, 15) is 4.79 Å². The van der Waals surface area contributed by atoms with Gasteiger partial charge in [0.2, 0.25) is 5.24 Å². The Labute approximate surface area is 53.1 Å². The van der Waals surface area contributed by atoms with Crippen LogP contribution in [0.25, 0.3) is 0 Å². The number of ether oxygens (including phenoxy) is 1. The van der Waals surface area contributed by atoms with Crippen molar-refractivity contribution in [2.45, 2.75) is 6.92 Å². The number of carbonyl (C=O) groups excluding carboxylic acids is 1. The summed E-state index contributed by atoms with van der Waals surface area (Å²) in [6, 6.07) is 0. The van der Waals surface area contributed by atoms with Crippen molar-refractivity contribution < 1.29 is 9.53 Å². The van der Waals surface area contributed by atoms with E-state index >= 15 is 0 Å². The highest BCUT2D eigenvalue weighted by Gasteiger charge is 1.88. The number of hydrogen-bond acceptors (Lipinski definition) is 2. The third-order valence-electron chi connectivity index (χ3n) is 0.639. The highest BCUT2D eigenvalue weighted by atomic mass is 35.5. The molecule has 0 spiro atoms. The monoisotopic (exact) mass is 134 g/mol. The molecule has 0 atom stereocenters. The largest absolute Gasteiger partial charge is 0.501 e. The maximum Gasteiger partial charge on any atom is 0.248 e. The highest BCUT2D eigenvalue weighted by molar-refractivity contribution is 6.66. The summed E-state index contributed by atoms with van der Waals surface area (Å²) in [6.45, 7) is 1.65. The lowest BCUT2D eigenvalue weighted by atomic mass is 10.5. The van der Waals surface area contributed by atoms with E-state index in [2.05, 4.69) is 4.74 Å². The van der Waals surface area contributed by atoms with Crippen LogP contribution in [0.3, 0.4) is 0 Å². The molecule has 0 rings (SSSR count). The number of halogens is 1. The number of methoxy groups -OCH3 is 1. The van der Waals surface area contributed by atoms with Crippen molar-refractivity contribution in [3.05, 3.63) is 11.8 Å². The summed E-state index contributed by atoms with van der Waals surface area (Å²) in [6.07, 6.45) is 1.21. The first kappa shape index (κ1) is 7.50. The Balaban J connectivity index is 3.75. The first-order valence-corrected chi connectivity index (χ1v) is 2.46. The zero-order valence-electron chi connectivity index (χ0n) is 4.77. The molecular weight excluding hydrogens is 128 g/mol. The van der Waals surface area contributed by atoms with Gasteiger partial charge in [0, 0.05) is 6.08 Å². The summed E-state index contributed by atoms with van der Waals surface area (Å²) in [4.78, 5) is 10.0. The van der Waals surface area contributed by atoms with E-state index < -0.39 is 5.24 Å². The number of allylic oxidation sites excluding steroid dienone is 2. The Kier molecular flexibility index (Phi) is 3.28. The maximum absolute atomic E-state index is 10.0. The minimum absolute atomic E-state index is 0.510. The van der Waals surface area contributed by atoms with E-state index in [1.165, 1.54) is 13.2 Å². The van der Waals surface area contributed by atoms with Gasteiger partial charge in [0.05, 0.1) is 12.9 Å². The van der Waals surface area contributed by atoms with Crippen molar-refractivity contribution in [3.8, 4) is 0 Å². The lowest BCUT2D eigenvalue weighted by Gasteiger charge is -1.92. The lowest BCUT2D eigenvalue weighted by molar-refractivity contribution is -0.107. The zero-order chi connectivity index (χ0) is 6.57. The molecule has 8 heavy (non-hydrogen) atoms. The second-order valence-electron chi connectivity index (χ2n) is 1.26. The second-order valence-corrected chi connectivity index (χ2v) is 1.64. The normalized spacial score (nSPS) is 11.1. The van der Waals surface area contributed by atoms with E-state index in [1.807, 2.05) is 0 Å². The molecule has 0 amide bonds. The van der Waals surface area contributed by atoms with Crippen LogP contribution in [0.1, 0.15) is 6.92 Å². The second kappa shape index (κ2) is 3.50. The first-order valence-electron chi connectivity index (χ1n) is 2.08. The minimum Gasteiger partial charge on any atom is -0.501 e. The van der Waals surface area contributed by atoms with Gasteiger partial charge in [0.15, 0.2) is 0 Å². The molecule has 0 aliphatic heterocycles. The van der Waals surface area contributed by atoms with Crippen molar-refractivity contribution in [1.29, 1.82) is 0 Å². The molecule has 3 heteroatoms. The molecule has 0 aliphatic rings. The van der Waals surface area contributed by atoms with Gasteiger partial charge in [-0.25, -0.2) is 0 Å². The molecule has 0 N–H and O–H groups in total. The summed E-state index contributed by atoms with van der Waals surface area (Å²) in [5.74, 6) is 0.519. The van der Waals surface area contributed by atoms with Gasteiger partial charge >= 0.3 is 0 Å². The average Bonchev–Trinajstić information content (AvgIpc) is 1.65. The molecule has 0 aliphatic carbocycles. The van der Waals surface area contributed by atoms with Crippen LogP contribution >= 0.6 is 11.6 Å². The van der Waals surface area contributed by atoms with Crippen LogP contribution in [0.15, 0.2) is 11.8 Å². The molecule has 0 aromatic heterocycles. The molecule has 0 bridgehead atoms. The predicted molar refractivity (Wildman–Crippen MR) is 31.6 cm³/mol. The fourth-order valence-corrected chi connectivity index (χ4v) is 0.372. The molecular formula is C5H7ClO2. The van der Waals surface area contributed by atoms with Crippen LogP contribution in [-0.2, 0) is 9.53 Å². The predicted octanol–water partition coefficient (Wildman–Crippen LogP) is 1.30. The quantitative estimate of drug-likeness (QED) is 0.323. The molecule has 2 nitrogen and oxygen atoms in total. The molecule has 0 saturated heterocycles. The summed E-state index contributed by atoms with van der Waals surface area (Å²) in [7, 11) is 1.48. The Hall–Kier alpha value is -0.500. The molecule has 0 unspecified atom stereocenters. The molecule has 0 heterocycles. The Morgan fingerprint density at radius 1 is 1.75 bits per heavy atom. The molecule has 46 valence electrons. The Bertz CT molecular complexity index is 118. The molecule has 0 fully saturated rings. The maximum atomic E-state index is 10.0. The van der Waals surface area contributed by atoms with Crippen molar-refractivity contribution in [1.82, 2.24) is 0 Å². The minimum atomic E-state index is -0.510. The highest BCUT2D eigenvalue weighted by Crippen LogP contribution is 1.93. The van der Waals surface area contributed by atoms with Crippen LogP contribution in [0.5, 0.6) is 0 Å². The number of rotatable bonds is 2. The van der Waals surface area contributed by atoms with E-state index in [0.717, 1.165) is 0 Å². The summed E-state index contributed by atoms with van der Waals surface area (Å²) in [5.41, 5.74) is 0. The summed E-state index contributed by atoms with van der Waals surface area (Å²) < 4.78 is 4.62. The van der Waals surface area contributed by atoms with Gasteiger partial charge in [-0.05, 0) is 18.5 Å². The van der Waals surface area contributed by atoms with E-state index in [1.54, 1.807) is 6.92 Å².